The molecule has 1 aromatic carbocycles. The smallest absolute Gasteiger partial charge is 0.171 e. The molecule has 2 rings (SSSR count). The predicted octanol–water partition coefficient (Wildman–Crippen LogP) is 3.39. The third kappa shape index (κ3) is 4.04. The number of aromatic nitrogens is 2. The summed E-state index contributed by atoms with van der Waals surface area (Å²) in [5.41, 5.74) is 5.63. The molecule has 21 heavy (non-hydrogen) atoms. The van der Waals surface area contributed by atoms with Crippen molar-refractivity contribution in [1.29, 1.82) is 0 Å². The van der Waals surface area contributed by atoms with Crippen molar-refractivity contribution >= 4 is 23.0 Å². The first kappa shape index (κ1) is 15.5. The van der Waals surface area contributed by atoms with Gasteiger partial charge in [0, 0.05) is 24.5 Å². The Labute approximate surface area is 131 Å². The molecule has 112 valence electrons. The number of rotatable bonds is 3. The van der Waals surface area contributed by atoms with Crippen molar-refractivity contribution in [2.24, 2.45) is 7.05 Å². The first-order chi connectivity index (χ1) is 9.85. The highest BCUT2D eigenvalue weighted by Crippen LogP contribution is 2.17. The van der Waals surface area contributed by atoms with Gasteiger partial charge in [-0.15, -0.1) is 0 Å². The molecule has 0 radical (unpaired) electrons. The van der Waals surface area contributed by atoms with E-state index >= 15 is 0 Å². The van der Waals surface area contributed by atoms with Gasteiger partial charge in [0.1, 0.15) is 0 Å². The Hall–Kier alpha value is -1.88. The summed E-state index contributed by atoms with van der Waals surface area (Å²) in [5.74, 6) is 0. The van der Waals surface area contributed by atoms with E-state index in [9.17, 15) is 0 Å². The number of nitrogens with zero attached hydrogens (tertiary/aromatic N) is 2. The maximum atomic E-state index is 5.40. The van der Waals surface area contributed by atoms with E-state index in [4.69, 9.17) is 12.2 Å². The van der Waals surface area contributed by atoms with E-state index in [-0.39, 0.29) is 6.04 Å². The molecular formula is C16H22N4S. The van der Waals surface area contributed by atoms with Gasteiger partial charge in [0.15, 0.2) is 5.11 Å². The van der Waals surface area contributed by atoms with E-state index in [1.807, 2.05) is 24.9 Å². The van der Waals surface area contributed by atoms with Gasteiger partial charge in [-0.3, -0.25) is 4.68 Å². The van der Waals surface area contributed by atoms with Crippen LogP contribution in [0.15, 0.2) is 24.4 Å². The van der Waals surface area contributed by atoms with Gasteiger partial charge in [-0.1, -0.05) is 6.07 Å². The summed E-state index contributed by atoms with van der Waals surface area (Å²) in [6, 6.07) is 6.43. The van der Waals surface area contributed by atoms with Crippen molar-refractivity contribution < 1.29 is 0 Å². The van der Waals surface area contributed by atoms with Crippen molar-refractivity contribution in [3.05, 3.63) is 46.8 Å². The van der Waals surface area contributed by atoms with E-state index in [0.717, 1.165) is 16.9 Å². The number of anilines is 1. The third-order valence-electron chi connectivity index (χ3n) is 3.35. The highest BCUT2D eigenvalue weighted by molar-refractivity contribution is 7.80. The van der Waals surface area contributed by atoms with E-state index in [1.165, 1.54) is 11.1 Å². The van der Waals surface area contributed by atoms with Crippen molar-refractivity contribution in [3.63, 3.8) is 0 Å². The molecule has 0 fully saturated rings. The molecule has 0 bridgehead atoms. The fraction of sp³-hybridized carbons (Fsp3) is 0.375. The first-order valence-corrected chi connectivity index (χ1v) is 7.42. The van der Waals surface area contributed by atoms with E-state index in [2.05, 4.69) is 54.7 Å². The standard InChI is InChI=1S/C16H22N4S/c1-10-6-11(2)8-14(7-10)18-16(21)17-12(3)15-9-20(5)19-13(15)4/h6-9,12H,1-5H3,(H2,17,18,21). The molecule has 2 aromatic rings. The van der Waals surface area contributed by atoms with Crippen LogP contribution in [0.5, 0.6) is 0 Å². The molecule has 1 unspecified atom stereocenters. The Kier molecular flexibility index (Phi) is 4.63. The highest BCUT2D eigenvalue weighted by Gasteiger charge is 2.12. The molecule has 0 saturated carbocycles. The Morgan fingerprint density at radius 2 is 1.81 bits per heavy atom. The molecule has 0 aliphatic carbocycles. The van der Waals surface area contributed by atoms with Gasteiger partial charge >= 0.3 is 0 Å². The normalized spacial score (nSPS) is 12.0. The minimum atomic E-state index is 0.115. The third-order valence-corrected chi connectivity index (χ3v) is 3.57. The second kappa shape index (κ2) is 6.26. The zero-order valence-corrected chi connectivity index (χ0v) is 14.0. The average Bonchev–Trinajstić information content (AvgIpc) is 2.66. The zero-order valence-electron chi connectivity index (χ0n) is 13.2. The first-order valence-electron chi connectivity index (χ1n) is 7.01. The van der Waals surface area contributed by atoms with E-state index < -0.39 is 0 Å². The minimum Gasteiger partial charge on any atom is -0.356 e. The summed E-state index contributed by atoms with van der Waals surface area (Å²) in [6.45, 7) is 8.25. The zero-order chi connectivity index (χ0) is 15.6. The largest absolute Gasteiger partial charge is 0.356 e. The van der Waals surface area contributed by atoms with Crippen molar-refractivity contribution in [3.8, 4) is 0 Å². The molecule has 1 heterocycles. The number of hydrogen-bond donors (Lipinski definition) is 2. The average molecular weight is 302 g/mol. The van der Waals surface area contributed by atoms with Crippen LogP contribution in [0.4, 0.5) is 5.69 Å². The van der Waals surface area contributed by atoms with Crippen LogP contribution < -0.4 is 10.6 Å². The van der Waals surface area contributed by atoms with Crippen LogP contribution in [0.25, 0.3) is 0 Å². The van der Waals surface area contributed by atoms with Gasteiger partial charge in [-0.25, -0.2) is 0 Å². The SMILES string of the molecule is Cc1cc(C)cc(NC(=S)NC(C)c2cn(C)nc2C)c1. The molecule has 0 saturated heterocycles. The van der Waals surface area contributed by atoms with Crippen LogP contribution in [0.2, 0.25) is 0 Å². The molecule has 1 aromatic heterocycles. The van der Waals surface area contributed by atoms with Crippen LogP contribution in [-0.4, -0.2) is 14.9 Å². The number of hydrogen-bond acceptors (Lipinski definition) is 2. The van der Waals surface area contributed by atoms with E-state index in [0.29, 0.717) is 5.11 Å². The van der Waals surface area contributed by atoms with E-state index in [1.54, 1.807) is 0 Å². The lowest BCUT2D eigenvalue weighted by molar-refractivity contribution is 0.715. The second-order valence-corrected chi connectivity index (χ2v) is 5.95. The molecule has 4 nitrogen and oxygen atoms in total. The van der Waals surface area contributed by atoms with Gasteiger partial charge in [0.25, 0.3) is 0 Å². The molecule has 2 N–H and O–H groups in total. The fourth-order valence-corrected chi connectivity index (χ4v) is 2.83. The topological polar surface area (TPSA) is 41.9 Å². The second-order valence-electron chi connectivity index (χ2n) is 5.54. The molecular weight excluding hydrogens is 280 g/mol. The number of benzene rings is 1. The Balaban J connectivity index is 2.03. The molecule has 1 atom stereocenters. The Morgan fingerprint density at radius 1 is 1.19 bits per heavy atom. The maximum Gasteiger partial charge on any atom is 0.171 e. The quantitative estimate of drug-likeness (QED) is 0.853. The molecule has 0 spiro atoms. The predicted molar refractivity (Wildman–Crippen MR) is 91.6 cm³/mol. The Bertz CT molecular complexity index is 640. The van der Waals surface area contributed by atoms with Crippen LogP contribution in [-0.2, 0) is 7.05 Å². The minimum absolute atomic E-state index is 0.115. The highest BCUT2D eigenvalue weighted by atomic mass is 32.1. The summed E-state index contributed by atoms with van der Waals surface area (Å²) in [7, 11) is 1.93. The van der Waals surface area contributed by atoms with Crippen LogP contribution >= 0.6 is 12.2 Å². The lowest BCUT2D eigenvalue weighted by Crippen LogP contribution is -2.31. The van der Waals surface area contributed by atoms with Gasteiger partial charge in [0.05, 0.1) is 11.7 Å². The molecule has 0 amide bonds. The molecule has 5 heteroatoms. The fourth-order valence-electron chi connectivity index (χ4n) is 2.53. The summed E-state index contributed by atoms with van der Waals surface area (Å²) >= 11 is 5.40. The number of nitrogens with one attached hydrogen (secondary N) is 2. The number of thiocarbonyl (C=S) groups is 1. The lowest BCUT2D eigenvalue weighted by Gasteiger charge is -2.17. The summed E-state index contributed by atoms with van der Waals surface area (Å²) in [4.78, 5) is 0. The van der Waals surface area contributed by atoms with Crippen LogP contribution in [0.1, 0.15) is 35.3 Å². The lowest BCUT2D eigenvalue weighted by atomic mass is 10.1. The van der Waals surface area contributed by atoms with Gasteiger partial charge in [0.2, 0.25) is 0 Å². The molecule has 0 aliphatic rings. The van der Waals surface area contributed by atoms with Gasteiger partial charge in [-0.05, 0) is 63.2 Å². The maximum absolute atomic E-state index is 5.40. The number of aryl methyl sites for hydroxylation is 4. The molecule has 0 aliphatic heterocycles. The summed E-state index contributed by atoms with van der Waals surface area (Å²) < 4.78 is 1.82. The van der Waals surface area contributed by atoms with Crippen molar-refractivity contribution in [2.45, 2.75) is 33.7 Å². The van der Waals surface area contributed by atoms with Crippen LogP contribution in [0.3, 0.4) is 0 Å². The summed E-state index contributed by atoms with van der Waals surface area (Å²) in [5, 5.41) is 11.5. The van der Waals surface area contributed by atoms with Crippen LogP contribution in [0, 0.1) is 20.8 Å². The summed E-state index contributed by atoms with van der Waals surface area (Å²) in [6.07, 6.45) is 2.02. The van der Waals surface area contributed by atoms with Crippen molar-refractivity contribution in [2.75, 3.05) is 5.32 Å². The monoisotopic (exact) mass is 302 g/mol. The Morgan fingerprint density at radius 3 is 2.33 bits per heavy atom. The van der Waals surface area contributed by atoms with Crippen molar-refractivity contribution in [1.82, 2.24) is 15.1 Å². The van der Waals surface area contributed by atoms with Gasteiger partial charge < -0.3 is 10.6 Å². The van der Waals surface area contributed by atoms with Gasteiger partial charge in [-0.2, -0.15) is 5.10 Å².